The van der Waals surface area contributed by atoms with Gasteiger partial charge in [0.2, 0.25) is 0 Å². The molecule has 19 heavy (non-hydrogen) atoms. The van der Waals surface area contributed by atoms with Crippen molar-refractivity contribution in [3.63, 3.8) is 0 Å². The number of aldehydes is 1. The largest absolute Gasteiger partial charge is 0.493 e. The number of nitrogens with zero attached hydrogens (tertiary/aromatic N) is 1. The van der Waals surface area contributed by atoms with Crippen molar-refractivity contribution in [2.75, 3.05) is 7.11 Å². The van der Waals surface area contributed by atoms with Gasteiger partial charge in [-0.05, 0) is 30.3 Å². The molecule has 0 aromatic heterocycles. The zero-order chi connectivity index (χ0) is 13.7. The van der Waals surface area contributed by atoms with E-state index < -0.39 is 0 Å². The van der Waals surface area contributed by atoms with Crippen LogP contribution in [0.1, 0.15) is 15.9 Å². The van der Waals surface area contributed by atoms with Gasteiger partial charge in [0.05, 0.1) is 12.7 Å². The van der Waals surface area contributed by atoms with E-state index in [1.54, 1.807) is 31.4 Å². The first-order valence-corrected chi connectivity index (χ1v) is 5.58. The molecule has 0 bridgehead atoms. The van der Waals surface area contributed by atoms with Crippen molar-refractivity contribution in [2.24, 2.45) is 0 Å². The summed E-state index contributed by atoms with van der Waals surface area (Å²) in [6.45, 7) is 0. The SMILES string of the molecule is COc1ccccc1Oc1ccc(C=O)cc1C#N. The van der Waals surface area contributed by atoms with E-state index in [2.05, 4.69) is 0 Å². The van der Waals surface area contributed by atoms with E-state index in [1.807, 2.05) is 18.2 Å². The van der Waals surface area contributed by atoms with Gasteiger partial charge in [0.1, 0.15) is 18.1 Å². The van der Waals surface area contributed by atoms with Crippen LogP contribution in [-0.4, -0.2) is 13.4 Å². The number of para-hydroxylation sites is 2. The number of carbonyl (C=O) groups is 1. The first-order valence-electron chi connectivity index (χ1n) is 5.58. The van der Waals surface area contributed by atoms with Gasteiger partial charge in [-0.15, -0.1) is 0 Å². The minimum Gasteiger partial charge on any atom is -0.493 e. The van der Waals surface area contributed by atoms with Crippen LogP contribution in [-0.2, 0) is 0 Å². The molecule has 0 heterocycles. The highest BCUT2D eigenvalue weighted by atomic mass is 16.5. The molecule has 0 aliphatic carbocycles. The lowest BCUT2D eigenvalue weighted by Gasteiger charge is -2.11. The van der Waals surface area contributed by atoms with Gasteiger partial charge in [0.25, 0.3) is 0 Å². The topological polar surface area (TPSA) is 59.3 Å². The lowest BCUT2D eigenvalue weighted by molar-refractivity contribution is 0.112. The molecule has 0 aliphatic heterocycles. The fraction of sp³-hybridized carbons (Fsp3) is 0.0667. The molecule has 0 spiro atoms. The van der Waals surface area contributed by atoms with Crippen LogP contribution in [0.4, 0.5) is 0 Å². The molecule has 0 fully saturated rings. The number of benzene rings is 2. The molecule has 2 aromatic carbocycles. The van der Waals surface area contributed by atoms with Crippen LogP contribution in [0.15, 0.2) is 42.5 Å². The summed E-state index contributed by atoms with van der Waals surface area (Å²) >= 11 is 0. The molecule has 2 aromatic rings. The Kier molecular flexibility index (Phi) is 3.79. The third-order valence-electron chi connectivity index (χ3n) is 2.55. The zero-order valence-electron chi connectivity index (χ0n) is 10.3. The van der Waals surface area contributed by atoms with Crippen molar-refractivity contribution >= 4 is 6.29 Å². The zero-order valence-corrected chi connectivity index (χ0v) is 10.3. The number of hydrogen-bond acceptors (Lipinski definition) is 4. The van der Waals surface area contributed by atoms with Gasteiger partial charge in [-0.1, -0.05) is 12.1 Å². The molecular weight excluding hydrogens is 242 g/mol. The second-order valence-electron chi connectivity index (χ2n) is 3.74. The Morgan fingerprint density at radius 2 is 1.84 bits per heavy atom. The number of hydrogen-bond donors (Lipinski definition) is 0. The molecule has 4 heteroatoms. The number of ether oxygens (including phenoxy) is 2. The monoisotopic (exact) mass is 253 g/mol. The third-order valence-corrected chi connectivity index (χ3v) is 2.55. The summed E-state index contributed by atoms with van der Waals surface area (Å²) in [5, 5.41) is 9.07. The quantitative estimate of drug-likeness (QED) is 0.785. The van der Waals surface area contributed by atoms with Gasteiger partial charge < -0.3 is 9.47 Å². The predicted molar refractivity (Wildman–Crippen MR) is 69.6 cm³/mol. The van der Waals surface area contributed by atoms with Crippen LogP contribution in [0, 0.1) is 11.3 Å². The standard InChI is InChI=1S/C15H11NO3/c1-18-14-4-2-3-5-15(14)19-13-7-6-11(10-17)8-12(13)9-16/h2-8,10H,1H3. The minimum atomic E-state index is 0.301. The van der Waals surface area contributed by atoms with Crippen molar-refractivity contribution in [2.45, 2.75) is 0 Å². The maximum Gasteiger partial charge on any atom is 0.169 e. The summed E-state index contributed by atoms with van der Waals surface area (Å²) in [6, 6.07) is 13.8. The van der Waals surface area contributed by atoms with Crippen LogP contribution in [0.2, 0.25) is 0 Å². The number of methoxy groups -OCH3 is 1. The van der Waals surface area contributed by atoms with Gasteiger partial charge in [-0.25, -0.2) is 0 Å². The van der Waals surface area contributed by atoms with Crippen LogP contribution in [0.5, 0.6) is 17.2 Å². The molecule has 0 N–H and O–H groups in total. The van der Waals surface area contributed by atoms with Crippen molar-refractivity contribution in [1.82, 2.24) is 0 Å². The number of carbonyl (C=O) groups excluding carboxylic acids is 1. The van der Waals surface area contributed by atoms with E-state index in [9.17, 15) is 4.79 Å². The van der Waals surface area contributed by atoms with Crippen molar-refractivity contribution in [1.29, 1.82) is 5.26 Å². The lowest BCUT2D eigenvalue weighted by atomic mass is 10.1. The molecule has 0 saturated carbocycles. The lowest BCUT2D eigenvalue weighted by Crippen LogP contribution is -1.93. The molecule has 94 valence electrons. The average molecular weight is 253 g/mol. The second kappa shape index (κ2) is 5.69. The van der Waals surface area contributed by atoms with Crippen molar-refractivity contribution < 1.29 is 14.3 Å². The summed E-state index contributed by atoms with van der Waals surface area (Å²) < 4.78 is 10.8. The first-order chi connectivity index (χ1) is 9.28. The maximum atomic E-state index is 10.7. The summed E-state index contributed by atoms with van der Waals surface area (Å²) in [5.41, 5.74) is 0.736. The Hall–Kier alpha value is -2.80. The van der Waals surface area contributed by atoms with Gasteiger partial charge in [0.15, 0.2) is 11.5 Å². The van der Waals surface area contributed by atoms with E-state index in [0.717, 1.165) is 0 Å². The van der Waals surface area contributed by atoms with Crippen LogP contribution in [0.25, 0.3) is 0 Å². The van der Waals surface area contributed by atoms with Crippen molar-refractivity contribution in [3.05, 3.63) is 53.6 Å². The van der Waals surface area contributed by atoms with Gasteiger partial charge in [-0.3, -0.25) is 4.79 Å². The van der Waals surface area contributed by atoms with E-state index >= 15 is 0 Å². The Labute approximate surface area is 110 Å². The number of nitriles is 1. The second-order valence-corrected chi connectivity index (χ2v) is 3.74. The molecule has 2 rings (SSSR count). The summed E-state index contributed by atoms with van der Waals surface area (Å²) in [5.74, 6) is 1.48. The molecule has 0 atom stereocenters. The highest BCUT2D eigenvalue weighted by Gasteiger charge is 2.09. The Morgan fingerprint density at radius 1 is 1.11 bits per heavy atom. The van der Waals surface area contributed by atoms with E-state index in [0.29, 0.717) is 34.7 Å². The minimum absolute atomic E-state index is 0.301. The predicted octanol–water partition coefficient (Wildman–Crippen LogP) is 3.17. The van der Waals surface area contributed by atoms with Gasteiger partial charge >= 0.3 is 0 Å². The molecule has 0 unspecified atom stereocenters. The Bertz CT molecular complexity index is 644. The fourth-order valence-corrected chi connectivity index (χ4v) is 1.62. The molecule has 0 amide bonds. The number of rotatable bonds is 4. The summed E-state index contributed by atoms with van der Waals surface area (Å²) in [6.07, 6.45) is 0.688. The highest BCUT2D eigenvalue weighted by molar-refractivity contribution is 5.76. The maximum absolute atomic E-state index is 10.7. The van der Waals surface area contributed by atoms with Crippen LogP contribution >= 0.6 is 0 Å². The molecular formula is C15H11NO3. The van der Waals surface area contributed by atoms with Crippen molar-refractivity contribution in [3.8, 4) is 23.3 Å². The molecule has 4 nitrogen and oxygen atoms in total. The highest BCUT2D eigenvalue weighted by Crippen LogP contribution is 2.32. The molecule has 0 radical (unpaired) electrons. The fourth-order valence-electron chi connectivity index (χ4n) is 1.62. The smallest absolute Gasteiger partial charge is 0.169 e. The first kappa shape index (κ1) is 12.7. The van der Waals surface area contributed by atoms with E-state index in [4.69, 9.17) is 14.7 Å². The van der Waals surface area contributed by atoms with Crippen LogP contribution in [0.3, 0.4) is 0 Å². The third kappa shape index (κ3) is 2.72. The molecule has 0 saturated heterocycles. The summed E-state index contributed by atoms with van der Waals surface area (Å²) in [7, 11) is 1.54. The summed E-state index contributed by atoms with van der Waals surface area (Å²) in [4.78, 5) is 10.7. The van der Waals surface area contributed by atoms with E-state index in [-0.39, 0.29) is 0 Å². The Balaban J connectivity index is 2.38. The average Bonchev–Trinajstić information content (AvgIpc) is 2.48. The van der Waals surface area contributed by atoms with Gasteiger partial charge in [0, 0.05) is 5.56 Å². The van der Waals surface area contributed by atoms with Gasteiger partial charge in [-0.2, -0.15) is 5.26 Å². The molecule has 0 aliphatic rings. The normalized spacial score (nSPS) is 9.47. The Morgan fingerprint density at radius 3 is 2.47 bits per heavy atom. The van der Waals surface area contributed by atoms with E-state index in [1.165, 1.54) is 6.07 Å². The van der Waals surface area contributed by atoms with Crippen LogP contribution < -0.4 is 9.47 Å².